The highest BCUT2D eigenvalue weighted by Gasteiger charge is 2.23. The predicted octanol–water partition coefficient (Wildman–Crippen LogP) is 3.21. The number of carbonyl (C=O) groups excluding carboxylic acids is 1. The van der Waals surface area contributed by atoms with Gasteiger partial charge in [-0.05, 0) is 33.8 Å². The average Bonchev–Trinajstić information content (AvgIpc) is 2.75. The van der Waals surface area contributed by atoms with Crippen LogP contribution >= 0.6 is 0 Å². The lowest BCUT2D eigenvalue weighted by molar-refractivity contribution is 0.0527. The van der Waals surface area contributed by atoms with Gasteiger partial charge in [-0.15, -0.1) is 0 Å². The number of fused-ring (bicyclic) bond motifs is 1. The minimum absolute atomic E-state index is 0.241. The minimum atomic E-state index is -0.926. The summed E-state index contributed by atoms with van der Waals surface area (Å²) < 4.78 is 5.86. The molecule has 0 saturated carbocycles. The molecule has 22 heavy (non-hydrogen) atoms. The van der Waals surface area contributed by atoms with Crippen LogP contribution in [0.15, 0.2) is 28.7 Å². The van der Waals surface area contributed by atoms with Crippen LogP contribution in [-0.4, -0.2) is 35.2 Å². The quantitative estimate of drug-likeness (QED) is 0.911. The number of furan rings is 1. The topological polar surface area (TPSA) is 65.7 Å². The molecule has 0 aliphatic rings. The molecule has 1 aromatic carbocycles. The fraction of sp³-hybridized carbons (Fsp3) is 0.471. The number of para-hydroxylation sites is 1. The number of benzene rings is 1. The maximum absolute atomic E-state index is 12.2. The Kier molecular flexibility index (Phi) is 4.47. The highest BCUT2D eigenvalue weighted by atomic mass is 16.3. The van der Waals surface area contributed by atoms with Crippen molar-refractivity contribution in [2.24, 2.45) is 0 Å². The van der Waals surface area contributed by atoms with Crippen LogP contribution in [0.4, 0.5) is 4.79 Å². The van der Waals surface area contributed by atoms with Gasteiger partial charge < -0.3 is 19.7 Å². The molecule has 0 bridgehead atoms. The van der Waals surface area contributed by atoms with Gasteiger partial charge in [0, 0.05) is 18.0 Å². The summed E-state index contributed by atoms with van der Waals surface area (Å²) in [6, 6.07) is 7.33. The summed E-state index contributed by atoms with van der Waals surface area (Å²) in [5.41, 5.74) is 0.930. The van der Waals surface area contributed by atoms with Gasteiger partial charge in [0.15, 0.2) is 0 Å². The lowest BCUT2D eigenvalue weighted by atomic mass is 10.1. The number of aryl methyl sites for hydroxylation is 1. The number of amides is 2. The molecule has 0 saturated heterocycles. The fourth-order valence-electron chi connectivity index (χ4n) is 2.62. The van der Waals surface area contributed by atoms with Crippen LogP contribution < -0.4 is 5.32 Å². The number of hydrogen-bond acceptors (Lipinski definition) is 3. The fourth-order valence-corrected chi connectivity index (χ4v) is 2.62. The van der Waals surface area contributed by atoms with E-state index in [1.54, 1.807) is 20.9 Å². The van der Waals surface area contributed by atoms with E-state index in [2.05, 4.69) is 5.32 Å². The van der Waals surface area contributed by atoms with Crippen LogP contribution in [0, 0.1) is 6.92 Å². The van der Waals surface area contributed by atoms with E-state index in [1.807, 2.05) is 38.1 Å². The number of urea groups is 1. The van der Waals surface area contributed by atoms with Crippen molar-refractivity contribution in [1.29, 1.82) is 0 Å². The number of likely N-dealkylation sites (N-methyl/N-ethyl adjacent to an activating group) is 1. The van der Waals surface area contributed by atoms with E-state index < -0.39 is 5.60 Å². The van der Waals surface area contributed by atoms with Crippen molar-refractivity contribution in [3.8, 4) is 0 Å². The van der Waals surface area contributed by atoms with Gasteiger partial charge in [-0.1, -0.05) is 18.2 Å². The minimum Gasteiger partial charge on any atom is -0.459 e. The second-order valence-electron chi connectivity index (χ2n) is 6.43. The van der Waals surface area contributed by atoms with Crippen LogP contribution in [0.5, 0.6) is 0 Å². The Morgan fingerprint density at radius 2 is 2.05 bits per heavy atom. The number of nitrogens with one attached hydrogen (secondary N) is 1. The smallest absolute Gasteiger partial charge is 0.317 e. The van der Waals surface area contributed by atoms with Crippen LogP contribution in [0.25, 0.3) is 11.0 Å². The van der Waals surface area contributed by atoms with Crippen molar-refractivity contribution < 1.29 is 14.3 Å². The molecule has 0 radical (unpaired) electrons. The summed E-state index contributed by atoms with van der Waals surface area (Å²) in [6.45, 7) is 7.47. The highest BCUT2D eigenvalue weighted by Crippen LogP contribution is 2.29. The molecule has 5 heteroatoms. The summed E-state index contributed by atoms with van der Waals surface area (Å²) in [5.74, 6) is 0.756. The SMILES string of the molecule is Cc1c(C(C)NC(=O)N(C)CC(C)(C)O)oc2ccccc12. The first-order valence-electron chi connectivity index (χ1n) is 7.41. The van der Waals surface area contributed by atoms with Gasteiger partial charge >= 0.3 is 6.03 Å². The van der Waals surface area contributed by atoms with Gasteiger partial charge in [0.2, 0.25) is 0 Å². The largest absolute Gasteiger partial charge is 0.459 e. The third kappa shape index (κ3) is 3.60. The lowest BCUT2D eigenvalue weighted by Gasteiger charge is -2.26. The van der Waals surface area contributed by atoms with E-state index in [9.17, 15) is 9.90 Å². The monoisotopic (exact) mass is 304 g/mol. The summed E-state index contributed by atoms with van der Waals surface area (Å²) in [4.78, 5) is 13.7. The van der Waals surface area contributed by atoms with Crippen molar-refractivity contribution in [2.45, 2.75) is 39.3 Å². The lowest BCUT2D eigenvalue weighted by Crippen LogP contribution is -2.45. The molecular weight excluding hydrogens is 280 g/mol. The zero-order chi connectivity index (χ0) is 16.5. The van der Waals surface area contributed by atoms with Gasteiger partial charge in [0.25, 0.3) is 0 Å². The van der Waals surface area contributed by atoms with Crippen molar-refractivity contribution >= 4 is 17.0 Å². The Bertz CT molecular complexity index is 670. The van der Waals surface area contributed by atoms with Crippen LogP contribution in [0.2, 0.25) is 0 Å². The molecule has 0 aliphatic heterocycles. The molecule has 1 aromatic heterocycles. The molecule has 1 heterocycles. The van der Waals surface area contributed by atoms with E-state index in [0.717, 1.165) is 22.3 Å². The first kappa shape index (κ1) is 16.4. The first-order valence-corrected chi connectivity index (χ1v) is 7.41. The molecular formula is C17H24N2O3. The third-order valence-electron chi connectivity index (χ3n) is 3.58. The summed E-state index contributed by atoms with van der Waals surface area (Å²) in [7, 11) is 1.66. The number of carbonyl (C=O) groups is 1. The number of aliphatic hydroxyl groups is 1. The van der Waals surface area contributed by atoms with Gasteiger partial charge in [-0.2, -0.15) is 0 Å². The Morgan fingerprint density at radius 3 is 2.64 bits per heavy atom. The average molecular weight is 304 g/mol. The molecule has 120 valence electrons. The Balaban J connectivity index is 2.12. The summed E-state index contributed by atoms with van der Waals surface area (Å²) >= 11 is 0. The molecule has 1 atom stereocenters. The summed E-state index contributed by atoms with van der Waals surface area (Å²) in [5, 5.41) is 13.7. The first-order chi connectivity index (χ1) is 10.2. The number of nitrogens with zero attached hydrogens (tertiary/aromatic N) is 1. The van der Waals surface area contributed by atoms with E-state index >= 15 is 0 Å². The molecule has 0 spiro atoms. The van der Waals surface area contributed by atoms with Gasteiger partial charge in [-0.3, -0.25) is 0 Å². The van der Waals surface area contributed by atoms with Crippen LogP contribution in [0.1, 0.15) is 38.1 Å². The van der Waals surface area contributed by atoms with E-state index in [-0.39, 0.29) is 18.6 Å². The Morgan fingerprint density at radius 1 is 1.41 bits per heavy atom. The zero-order valence-corrected chi connectivity index (χ0v) is 13.8. The second-order valence-corrected chi connectivity index (χ2v) is 6.43. The standard InChI is InChI=1S/C17H24N2O3/c1-11-13-8-6-7-9-14(13)22-15(11)12(2)18-16(20)19(5)10-17(3,4)21/h6-9,12,21H,10H2,1-5H3,(H,18,20). The van der Waals surface area contributed by atoms with Gasteiger partial charge in [0.05, 0.1) is 18.2 Å². The molecule has 2 aromatic rings. The molecule has 2 N–H and O–H groups in total. The third-order valence-corrected chi connectivity index (χ3v) is 3.58. The maximum atomic E-state index is 12.2. The molecule has 2 rings (SSSR count). The number of hydrogen-bond donors (Lipinski definition) is 2. The molecule has 2 amide bonds. The van der Waals surface area contributed by atoms with Crippen molar-refractivity contribution in [1.82, 2.24) is 10.2 Å². The van der Waals surface area contributed by atoms with Crippen molar-refractivity contribution in [3.63, 3.8) is 0 Å². The van der Waals surface area contributed by atoms with E-state index in [0.29, 0.717) is 0 Å². The van der Waals surface area contributed by atoms with E-state index in [1.165, 1.54) is 4.90 Å². The Labute approximate surface area is 130 Å². The maximum Gasteiger partial charge on any atom is 0.317 e. The molecule has 0 aliphatic carbocycles. The van der Waals surface area contributed by atoms with Crippen molar-refractivity contribution in [2.75, 3.05) is 13.6 Å². The van der Waals surface area contributed by atoms with Gasteiger partial charge in [-0.25, -0.2) is 4.79 Å². The van der Waals surface area contributed by atoms with Crippen molar-refractivity contribution in [3.05, 3.63) is 35.6 Å². The highest BCUT2D eigenvalue weighted by molar-refractivity contribution is 5.82. The van der Waals surface area contributed by atoms with E-state index in [4.69, 9.17) is 4.42 Å². The predicted molar refractivity (Wildman–Crippen MR) is 86.8 cm³/mol. The second kappa shape index (κ2) is 6.01. The zero-order valence-electron chi connectivity index (χ0n) is 13.8. The summed E-state index contributed by atoms with van der Waals surface area (Å²) in [6.07, 6.45) is 0. The molecule has 0 fully saturated rings. The molecule has 1 unspecified atom stereocenters. The normalized spacial score (nSPS) is 13.2. The Hall–Kier alpha value is -2.01. The van der Waals surface area contributed by atoms with Gasteiger partial charge in [0.1, 0.15) is 11.3 Å². The number of rotatable bonds is 4. The van der Waals surface area contributed by atoms with Crippen LogP contribution in [0.3, 0.4) is 0 Å². The molecule has 5 nitrogen and oxygen atoms in total. The van der Waals surface area contributed by atoms with Crippen LogP contribution in [-0.2, 0) is 0 Å².